The maximum atomic E-state index is 12.2. The van der Waals surface area contributed by atoms with E-state index in [1.54, 1.807) is 42.4 Å². The molecule has 0 aliphatic carbocycles. The molecular weight excluding hydrogens is 294 g/mol. The fourth-order valence-electron chi connectivity index (χ4n) is 1.76. The SMILES string of the molecule is COCCn1cc(NC(=O)c2cc(Cl)ccc2NN)cn1. The van der Waals surface area contributed by atoms with E-state index in [-0.39, 0.29) is 5.91 Å². The van der Waals surface area contributed by atoms with E-state index in [9.17, 15) is 4.79 Å². The number of nitrogens with one attached hydrogen (secondary N) is 2. The fraction of sp³-hybridized carbons (Fsp3) is 0.231. The van der Waals surface area contributed by atoms with Crippen LogP contribution in [-0.2, 0) is 11.3 Å². The molecule has 112 valence electrons. The lowest BCUT2D eigenvalue weighted by Crippen LogP contribution is -2.17. The summed E-state index contributed by atoms with van der Waals surface area (Å²) in [7, 11) is 1.62. The monoisotopic (exact) mass is 309 g/mol. The first-order valence-corrected chi connectivity index (χ1v) is 6.60. The van der Waals surface area contributed by atoms with Gasteiger partial charge in [0.15, 0.2) is 0 Å². The summed E-state index contributed by atoms with van der Waals surface area (Å²) in [5.41, 5.74) is 3.89. The highest BCUT2D eigenvalue weighted by Crippen LogP contribution is 2.21. The highest BCUT2D eigenvalue weighted by Gasteiger charge is 2.12. The highest BCUT2D eigenvalue weighted by molar-refractivity contribution is 6.31. The average Bonchev–Trinajstić information content (AvgIpc) is 2.92. The van der Waals surface area contributed by atoms with Crippen LogP contribution in [0.3, 0.4) is 0 Å². The number of hydrogen-bond acceptors (Lipinski definition) is 5. The Kier molecular flexibility index (Phi) is 5.15. The van der Waals surface area contributed by atoms with Crippen LogP contribution in [0.15, 0.2) is 30.6 Å². The van der Waals surface area contributed by atoms with Crippen molar-refractivity contribution in [1.29, 1.82) is 0 Å². The van der Waals surface area contributed by atoms with Crippen LogP contribution in [0.1, 0.15) is 10.4 Å². The summed E-state index contributed by atoms with van der Waals surface area (Å²) in [5.74, 6) is 5.06. The van der Waals surface area contributed by atoms with E-state index in [2.05, 4.69) is 15.8 Å². The first-order valence-electron chi connectivity index (χ1n) is 6.23. The van der Waals surface area contributed by atoms with E-state index in [0.717, 1.165) is 0 Å². The summed E-state index contributed by atoms with van der Waals surface area (Å²) < 4.78 is 6.64. The summed E-state index contributed by atoms with van der Waals surface area (Å²) >= 11 is 5.90. The van der Waals surface area contributed by atoms with Crippen molar-refractivity contribution >= 4 is 28.9 Å². The lowest BCUT2D eigenvalue weighted by Gasteiger charge is -2.09. The van der Waals surface area contributed by atoms with Crippen molar-refractivity contribution in [2.75, 3.05) is 24.5 Å². The van der Waals surface area contributed by atoms with Crippen molar-refractivity contribution in [3.8, 4) is 0 Å². The second-order valence-corrected chi connectivity index (χ2v) is 4.71. The third-order valence-electron chi connectivity index (χ3n) is 2.80. The zero-order chi connectivity index (χ0) is 15.2. The van der Waals surface area contributed by atoms with Crippen LogP contribution in [0.25, 0.3) is 0 Å². The molecule has 0 saturated heterocycles. The number of methoxy groups -OCH3 is 1. The van der Waals surface area contributed by atoms with Gasteiger partial charge < -0.3 is 15.5 Å². The minimum absolute atomic E-state index is 0.322. The second-order valence-electron chi connectivity index (χ2n) is 4.27. The maximum absolute atomic E-state index is 12.2. The van der Waals surface area contributed by atoms with Crippen molar-refractivity contribution in [3.63, 3.8) is 0 Å². The van der Waals surface area contributed by atoms with Crippen LogP contribution in [0, 0.1) is 0 Å². The predicted molar refractivity (Wildman–Crippen MR) is 81.3 cm³/mol. The van der Waals surface area contributed by atoms with E-state index in [1.807, 2.05) is 0 Å². The number of benzene rings is 1. The van der Waals surface area contributed by atoms with Crippen molar-refractivity contribution in [2.45, 2.75) is 6.54 Å². The topological polar surface area (TPSA) is 94.2 Å². The molecule has 0 bridgehead atoms. The lowest BCUT2D eigenvalue weighted by molar-refractivity contribution is 0.102. The number of nitrogens with zero attached hydrogens (tertiary/aromatic N) is 2. The van der Waals surface area contributed by atoms with Gasteiger partial charge in [-0.1, -0.05) is 11.6 Å². The molecule has 8 heteroatoms. The van der Waals surface area contributed by atoms with E-state index in [4.69, 9.17) is 22.2 Å². The summed E-state index contributed by atoms with van der Waals surface area (Å²) in [5, 5.41) is 7.31. The molecule has 1 amide bonds. The first-order chi connectivity index (χ1) is 10.1. The Morgan fingerprint density at radius 3 is 3.05 bits per heavy atom. The Hall–Kier alpha value is -2.09. The van der Waals surface area contributed by atoms with E-state index >= 15 is 0 Å². The van der Waals surface area contributed by atoms with E-state index < -0.39 is 0 Å². The molecule has 0 atom stereocenters. The Labute approximate surface area is 127 Å². The van der Waals surface area contributed by atoms with Crippen molar-refractivity contribution in [3.05, 3.63) is 41.2 Å². The van der Waals surface area contributed by atoms with Gasteiger partial charge in [0, 0.05) is 18.3 Å². The van der Waals surface area contributed by atoms with E-state index in [1.165, 1.54) is 0 Å². The smallest absolute Gasteiger partial charge is 0.257 e. The normalized spacial score (nSPS) is 10.4. The number of nitrogen functional groups attached to an aromatic ring is 1. The number of rotatable bonds is 6. The molecule has 2 aromatic rings. The standard InChI is InChI=1S/C13H16ClN5O2/c1-21-5-4-19-8-10(7-16-19)17-13(20)11-6-9(14)2-3-12(11)18-15/h2-3,6-8,18H,4-5,15H2,1H3,(H,17,20). The molecule has 0 aliphatic heterocycles. The molecule has 0 radical (unpaired) electrons. The quantitative estimate of drug-likeness (QED) is 0.558. The number of aromatic nitrogens is 2. The van der Waals surface area contributed by atoms with Crippen LogP contribution in [0.5, 0.6) is 0 Å². The molecule has 0 unspecified atom stereocenters. The highest BCUT2D eigenvalue weighted by atomic mass is 35.5. The minimum Gasteiger partial charge on any atom is -0.383 e. The minimum atomic E-state index is -0.322. The summed E-state index contributed by atoms with van der Waals surface area (Å²) in [4.78, 5) is 12.2. The summed E-state index contributed by atoms with van der Waals surface area (Å²) in [6.07, 6.45) is 3.28. The van der Waals surface area contributed by atoms with E-state index in [0.29, 0.717) is 35.1 Å². The molecule has 1 heterocycles. The van der Waals surface area contributed by atoms with Gasteiger partial charge in [0.05, 0.1) is 36.3 Å². The molecular formula is C13H16ClN5O2. The average molecular weight is 310 g/mol. The molecule has 4 N–H and O–H groups in total. The first kappa shape index (κ1) is 15.3. The Balaban J connectivity index is 2.10. The third-order valence-corrected chi connectivity index (χ3v) is 3.03. The number of hydrazine groups is 1. The third kappa shape index (κ3) is 3.94. The van der Waals surface area contributed by atoms with Crippen LogP contribution in [0.4, 0.5) is 11.4 Å². The molecule has 0 saturated carbocycles. The van der Waals surface area contributed by atoms with Gasteiger partial charge in [0.1, 0.15) is 0 Å². The van der Waals surface area contributed by atoms with Gasteiger partial charge in [0.2, 0.25) is 0 Å². The number of carbonyl (C=O) groups is 1. The van der Waals surface area contributed by atoms with Gasteiger partial charge in [-0.3, -0.25) is 15.3 Å². The number of carbonyl (C=O) groups excluding carboxylic acids is 1. The molecule has 0 aliphatic rings. The number of nitrogens with two attached hydrogens (primary N) is 1. The molecule has 1 aromatic carbocycles. The summed E-state index contributed by atoms with van der Waals surface area (Å²) in [6.45, 7) is 1.16. The van der Waals surface area contributed by atoms with Gasteiger partial charge in [-0.25, -0.2) is 0 Å². The van der Waals surface area contributed by atoms with Crippen molar-refractivity contribution in [2.24, 2.45) is 5.84 Å². The zero-order valence-electron chi connectivity index (χ0n) is 11.5. The zero-order valence-corrected chi connectivity index (χ0v) is 12.2. The summed E-state index contributed by atoms with van der Waals surface area (Å²) in [6, 6.07) is 4.83. The number of halogens is 1. The van der Waals surface area contributed by atoms with Crippen molar-refractivity contribution in [1.82, 2.24) is 9.78 Å². The number of hydrogen-bond donors (Lipinski definition) is 3. The lowest BCUT2D eigenvalue weighted by atomic mass is 10.1. The second kappa shape index (κ2) is 7.07. The maximum Gasteiger partial charge on any atom is 0.257 e. The Bertz CT molecular complexity index is 629. The molecule has 0 fully saturated rings. The predicted octanol–water partition coefficient (Wildman–Crippen LogP) is 1.72. The van der Waals surface area contributed by atoms with Gasteiger partial charge in [-0.05, 0) is 18.2 Å². The van der Waals surface area contributed by atoms with Crippen LogP contribution >= 0.6 is 11.6 Å². The van der Waals surface area contributed by atoms with Crippen LogP contribution in [0.2, 0.25) is 5.02 Å². The Morgan fingerprint density at radius 1 is 1.52 bits per heavy atom. The molecule has 1 aromatic heterocycles. The van der Waals surface area contributed by atoms with Crippen molar-refractivity contribution < 1.29 is 9.53 Å². The molecule has 2 rings (SSSR count). The molecule has 0 spiro atoms. The number of amides is 1. The fourth-order valence-corrected chi connectivity index (χ4v) is 1.94. The Morgan fingerprint density at radius 2 is 2.33 bits per heavy atom. The number of anilines is 2. The van der Waals surface area contributed by atoms with Crippen LogP contribution < -0.4 is 16.6 Å². The van der Waals surface area contributed by atoms with Gasteiger partial charge >= 0.3 is 0 Å². The van der Waals surface area contributed by atoms with Crippen LogP contribution in [-0.4, -0.2) is 29.4 Å². The van der Waals surface area contributed by atoms with Gasteiger partial charge in [0.25, 0.3) is 5.91 Å². The number of ether oxygens (including phenoxy) is 1. The van der Waals surface area contributed by atoms with Gasteiger partial charge in [-0.2, -0.15) is 5.10 Å². The largest absolute Gasteiger partial charge is 0.383 e. The van der Waals surface area contributed by atoms with Gasteiger partial charge in [-0.15, -0.1) is 0 Å². The molecule has 7 nitrogen and oxygen atoms in total. The molecule has 21 heavy (non-hydrogen) atoms.